The molecule has 1 saturated carbocycles. The maximum absolute atomic E-state index is 12.0. The number of carbonyl (C=O) groups excluding carboxylic acids is 2. The molecule has 0 saturated heterocycles. The minimum Gasteiger partial charge on any atom is -0.461 e. The van der Waals surface area contributed by atoms with E-state index in [0.717, 1.165) is 32.0 Å². The first-order valence-corrected chi connectivity index (χ1v) is 6.55. The van der Waals surface area contributed by atoms with Crippen LogP contribution in [0.5, 0.6) is 0 Å². The Balaban J connectivity index is 1.97. The van der Waals surface area contributed by atoms with Gasteiger partial charge in [-0.1, -0.05) is 6.42 Å². The number of nitrogens with zero attached hydrogens (tertiary/aromatic N) is 1. The van der Waals surface area contributed by atoms with Crippen LogP contribution >= 0.6 is 0 Å². The number of hydrogen-bond donors (Lipinski definition) is 0. The summed E-state index contributed by atoms with van der Waals surface area (Å²) in [5, 5.41) is 0. The third-order valence-corrected chi connectivity index (χ3v) is 3.53. The van der Waals surface area contributed by atoms with Crippen LogP contribution in [0.15, 0.2) is 18.3 Å². The molecule has 4 nitrogen and oxygen atoms in total. The molecule has 0 aliphatic heterocycles. The van der Waals surface area contributed by atoms with E-state index >= 15 is 0 Å². The molecule has 1 atom stereocenters. The van der Waals surface area contributed by atoms with Gasteiger partial charge in [0.15, 0.2) is 6.29 Å². The lowest BCUT2D eigenvalue weighted by molar-refractivity contribution is -0.154. The molecule has 1 aliphatic carbocycles. The van der Waals surface area contributed by atoms with Crippen LogP contribution in [0.1, 0.15) is 55.6 Å². The largest absolute Gasteiger partial charge is 0.461 e. The van der Waals surface area contributed by atoms with E-state index in [0.29, 0.717) is 5.69 Å². The van der Waals surface area contributed by atoms with Crippen LogP contribution in [0.3, 0.4) is 0 Å². The van der Waals surface area contributed by atoms with Gasteiger partial charge in [0.2, 0.25) is 0 Å². The van der Waals surface area contributed by atoms with Gasteiger partial charge in [0.05, 0.1) is 5.69 Å². The Kier molecular flexibility index (Phi) is 4.18. The SMILES string of the molecule is CC(C(=O)OC1CCCCC1)n1cccc1C=O. The zero-order valence-electron chi connectivity index (χ0n) is 10.7. The van der Waals surface area contributed by atoms with Crippen LogP contribution in [0.25, 0.3) is 0 Å². The molecule has 1 aromatic heterocycles. The third-order valence-electron chi connectivity index (χ3n) is 3.53. The Morgan fingerprint density at radius 3 is 2.83 bits per heavy atom. The molecule has 0 spiro atoms. The van der Waals surface area contributed by atoms with Gasteiger partial charge < -0.3 is 9.30 Å². The number of esters is 1. The molecule has 0 N–H and O–H groups in total. The molecule has 18 heavy (non-hydrogen) atoms. The standard InChI is InChI=1S/C14H19NO3/c1-11(15-9-5-6-12(15)10-16)14(17)18-13-7-3-2-4-8-13/h5-6,9-11,13H,2-4,7-8H2,1H3. The van der Waals surface area contributed by atoms with Gasteiger partial charge in [-0.2, -0.15) is 0 Å². The smallest absolute Gasteiger partial charge is 0.329 e. The summed E-state index contributed by atoms with van der Waals surface area (Å²) >= 11 is 0. The number of ether oxygens (including phenoxy) is 1. The summed E-state index contributed by atoms with van der Waals surface area (Å²) in [4.78, 5) is 22.9. The zero-order chi connectivity index (χ0) is 13.0. The van der Waals surface area contributed by atoms with E-state index in [2.05, 4.69) is 0 Å². The highest BCUT2D eigenvalue weighted by molar-refractivity contribution is 5.77. The molecule has 0 bridgehead atoms. The quantitative estimate of drug-likeness (QED) is 0.609. The van der Waals surface area contributed by atoms with Crippen LogP contribution in [-0.2, 0) is 9.53 Å². The fourth-order valence-electron chi connectivity index (χ4n) is 2.42. The minimum atomic E-state index is -0.442. The highest BCUT2D eigenvalue weighted by Gasteiger charge is 2.23. The van der Waals surface area contributed by atoms with Crippen molar-refractivity contribution < 1.29 is 14.3 Å². The maximum Gasteiger partial charge on any atom is 0.329 e. The lowest BCUT2D eigenvalue weighted by Gasteiger charge is -2.24. The Bertz CT molecular complexity index is 418. The van der Waals surface area contributed by atoms with Crippen LogP contribution in [-0.4, -0.2) is 22.9 Å². The maximum atomic E-state index is 12.0. The molecular formula is C14H19NO3. The van der Waals surface area contributed by atoms with Crippen molar-refractivity contribution in [1.82, 2.24) is 4.57 Å². The number of carbonyl (C=O) groups is 2. The molecule has 1 fully saturated rings. The van der Waals surface area contributed by atoms with Gasteiger partial charge in [0.25, 0.3) is 0 Å². The molecule has 0 aromatic carbocycles. The number of rotatable bonds is 4. The summed E-state index contributed by atoms with van der Waals surface area (Å²) in [5.41, 5.74) is 0.503. The normalized spacial score (nSPS) is 18.3. The molecule has 1 unspecified atom stereocenters. The van der Waals surface area contributed by atoms with E-state index in [1.807, 2.05) is 0 Å². The van der Waals surface area contributed by atoms with Crippen molar-refractivity contribution in [2.24, 2.45) is 0 Å². The van der Waals surface area contributed by atoms with E-state index in [-0.39, 0.29) is 12.1 Å². The fraction of sp³-hybridized carbons (Fsp3) is 0.571. The first-order valence-electron chi connectivity index (χ1n) is 6.55. The van der Waals surface area contributed by atoms with Gasteiger partial charge in [-0.15, -0.1) is 0 Å². The summed E-state index contributed by atoms with van der Waals surface area (Å²) in [5.74, 6) is -0.249. The number of aldehydes is 1. The van der Waals surface area contributed by atoms with Gasteiger partial charge in [-0.25, -0.2) is 4.79 Å². The van der Waals surface area contributed by atoms with Crippen LogP contribution in [0.4, 0.5) is 0 Å². The van der Waals surface area contributed by atoms with E-state index < -0.39 is 6.04 Å². The highest BCUT2D eigenvalue weighted by atomic mass is 16.5. The Morgan fingerprint density at radius 2 is 2.17 bits per heavy atom. The van der Waals surface area contributed by atoms with Crippen molar-refractivity contribution in [2.75, 3.05) is 0 Å². The molecule has 1 aromatic rings. The van der Waals surface area contributed by atoms with E-state index in [4.69, 9.17) is 4.74 Å². The van der Waals surface area contributed by atoms with Gasteiger partial charge >= 0.3 is 5.97 Å². The van der Waals surface area contributed by atoms with Crippen LogP contribution in [0, 0.1) is 0 Å². The molecule has 2 rings (SSSR count). The van der Waals surface area contributed by atoms with Crippen molar-refractivity contribution >= 4 is 12.3 Å². The molecule has 0 amide bonds. The second-order valence-electron chi connectivity index (χ2n) is 4.83. The highest BCUT2D eigenvalue weighted by Crippen LogP contribution is 2.22. The third kappa shape index (κ3) is 2.81. The summed E-state index contributed by atoms with van der Waals surface area (Å²) in [6.07, 6.45) is 7.97. The first-order chi connectivity index (χ1) is 8.72. The average Bonchev–Trinajstić information content (AvgIpc) is 2.87. The Labute approximate surface area is 107 Å². The van der Waals surface area contributed by atoms with Gasteiger partial charge in [0.1, 0.15) is 12.1 Å². The first kappa shape index (κ1) is 12.9. The predicted octanol–water partition coefficient (Wildman–Crippen LogP) is 2.74. The van der Waals surface area contributed by atoms with Crippen molar-refractivity contribution in [3.05, 3.63) is 24.0 Å². The van der Waals surface area contributed by atoms with E-state index in [1.165, 1.54) is 6.42 Å². The minimum absolute atomic E-state index is 0.0592. The van der Waals surface area contributed by atoms with Crippen molar-refractivity contribution in [1.29, 1.82) is 0 Å². The topological polar surface area (TPSA) is 48.3 Å². The number of hydrogen-bond acceptors (Lipinski definition) is 3. The number of aromatic nitrogens is 1. The van der Waals surface area contributed by atoms with E-state index in [1.54, 1.807) is 29.8 Å². The average molecular weight is 249 g/mol. The monoisotopic (exact) mass is 249 g/mol. The van der Waals surface area contributed by atoms with Gasteiger partial charge in [0, 0.05) is 6.20 Å². The Morgan fingerprint density at radius 1 is 1.44 bits per heavy atom. The molecule has 98 valence electrons. The molecule has 1 aliphatic rings. The summed E-state index contributed by atoms with van der Waals surface area (Å²) < 4.78 is 7.15. The van der Waals surface area contributed by atoms with Gasteiger partial charge in [-0.05, 0) is 44.7 Å². The fourth-order valence-corrected chi connectivity index (χ4v) is 2.42. The Hall–Kier alpha value is -1.58. The van der Waals surface area contributed by atoms with Crippen molar-refractivity contribution in [2.45, 2.75) is 51.2 Å². The second-order valence-corrected chi connectivity index (χ2v) is 4.83. The summed E-state index contributed by atoms with van der Waals surface area (Å²) in [6, 6.07) is 3.01. The molecular weight excluding hydrogens is 230 g/mol. The molecule has 4 heteroatoms. The van der Waals surface area contributed by atoms with Crippen molar-refractivity contribution in [3.63, 3.8) is 0 Å². The lowest BCUT2D eigenvalue weighted by atomic mass is 9.98. The van der Waals surface area contributed by atoms with Gasteiger partial charge in [-0.3, -0.25) is 4.79 Å². The summed E-state index contributed by atoms with van der Waals surface area (Å²) in [7, 11) is 0. The van der Waals surface area contributed by atoms with Crippen molar-refractivity contribution in [3.8, 4) is 0 Å². The lowest BCUT2D eigenvalue weighted by Crippen LogP contribution is -2.26. The second kappa shape index (κ2) is 5.85. The predicted molar refractivity (Wildman–Crippen MR) is 67.5 cm³/mol. The van der Waals surface area contributed by atoms with Crippen LogP contribution < -0.4 is 0 Å². The summed E-state index contributed by atoms with van der Waals surface area (Å²) in [6.45, 7) is 1.76. The van der Waals surface area contributed by atoms with E-state index in [9.17, 15) is 9.59 Å². The van der Waals surface area contributed by atoms with Crippen LogP contribution in [0.2, 0.25) is 0 Å². The molecule has 0 radical (unpaired) electrons. The zero-order valence-corrected chi connectivity index (χ0v) is 10.7. The molecule has 1 heterocycles.